The van der Waals surface area contributed by atoms with Gasteiger partial charge in [0.15, 0.2) is 0 Å². The molecular weight excluding hydrogens is 282 g/mol. The molecule has 5 nitrogen and oxygen atoms in total. The van der Waals surface area contributed by atoms with E-state index in [1.54, 1.807) is 17.5 Å². The van der Waals surface area contributed by atoms with E-state index in [0.717, 1.165) is 26.9 Å². The number of aromatic nitrogens is 4. The van der Waals surface area contributed by atoms with E-state index in [-0.39, 0.29) is 6.04 Å². The summed E-state index contributed by atoms with van der Waals surface area (Å²) in [5.74, 6) is 0.492. The summed E-state index contributed by atoms with van der Waals surface area (Å²) < 4.78 is 2.04. The van der Waals surface area contributed by atoms with Gasteiger partial charge in [0.25, 0.3) is 0 Å². The Morgan fingerprint density at radius 2 is 2.05 bits per heavy atom. The van der Waals surface area contributed by atoms with Crippen LogP contribution in [0.15, 0.2) is 42.0 Å². The maximum atomic E-state index is 6.15. The molecule has 3 aromatic heterocycles. The minimum atomic E-state index is 0.0424. The quantitative estimate of drug-likeness (QED) is 0.616. The van der Waals surface area contributed by atoms with Crippen molar-refractivity contribution in [2.75, 3.05) is 5.73 Å². The molecule has 21 heavy (non-hydrogen) atoms. The first-order valence-electron chi connectivity index (χ1n) is 6.66. The number of fused-ring (bicyclic) bond motifs is 3. The van der Waals surface area contributed by atoms with Crippen molar-refractivity contribution in [3.05, 3.63) is 47.0 Å². The summed E-state index contributed by atoms with van der Waals surface area (Å²) in [6, 6.07) is 8.08. The van der Waals surface area contributed by atoms with E-state index in [1.807, 2.05) is 34.3 Å². The fourth-order valence-electron chi connectivity index (χ4n) is 2.69. The fourth-order valence-corrected chi connectivity index (χ4v) is 3.37. The Kier molecular flexibility index (Phi) is 2.65. The first-order valence-corrected chi connectivity index (χ1v) is 7.54. The number of pyridine rings is 1. The molecule has 1 aromatic carbocycles. The Bertz CT molecular complexity index is 926. The first kappa shape index (κ1) is 12.3. The molecule has 0 spiro atoms. The van der Waals surface area contributed by atoms with E-state index in [0.29, 0.717) is 5.95 Å². The number of hydrogen-bond acceptors (Lipinski definition) is 5. The Balaban J connectivity index is 2.08. The van der Waals surface area contributed by atoms with Gasteiger partial charge in [0.05, 0.1) is 23.3 Å². The summed E-state index contributed by atoms with van der Waals surface area (Å²) >= 11 is 1.62. The lowest BCUT2D eigenvalue weighted by atomic mass is 10.2. The van der Waals surface area contributed by atoms with Crippen LogP contribution in [-0.2, 0) is 0 Å². The molecule has 4 aromatic rings. The van der Waals surface area contributed by atoms with Crippen LogP contribution in [0.3, 0.4) is 0 Å². The summed E-state index contributed by atoms with van der Waals surface area (Å²) in [5.41, 5.74) is 8.92. The number of rotatable bonds is 2. The molecule has 104 valence electrons. The highest BCUT2D eigenvalue weighted by Gasteiger charge is 2.19. The fraction of sp³-hybridized carbons (Fsp3) is 0.133. The molecule has 0 bridgehead atoms. The number of nitrogens with two attached hydrogens (primary N) is 1. The molecule has 0 saturated carbocycles. The molecule has 4 rings (SSSR count). The molecule has 0 aliphatic carbocycles. The standard InChI is InChI=1S/C15H13N5S/c1-9(14-17-6-7-21-14)20-13-10-4-2-3-5-11(10)18-8-12(13)19-15(20)16/h2-9H,1H3,(H2,16,19). The van der Waals surface area contributed by atoms with Gasteiger partial charge in [-0.1, -0.05) is 18.2 Å². The number of anilines is 1. The summed E-state index contributed by atoms with van der Waals surface area (Å²) in [6.45, 7) is 2.09. The molecule has 0 aliphatic heterocycles. The van der Waals surface area contributed by atoms with Gasteiger partial charge in [-0.3, -0.25) is 4.98 Å². The van der Waals surface area contributed by atoms with Gasteiger partial charge in [-0.2, -0.15) is 0 Å². The Morgan fingerprint density at radius 1 is 1.19 bits per heavy atom. The lowest BCUT2D eigenvalue weighted by Gasteiger charge is -2.14. The van der Waals surface area contributed by atoms with Crippen molar-refractivity contribution >= 4 is 39.2 Å². The van der Waals surface area contributed by atoms with Gasteiger partial charge in [-0.25, -0.2) is 9.97 Å². The average Bonchev–Trinajstić information content (AvgIpc) is 3.13. The molecule has 6 heteroatoms. The molecule has 0 aliphatic rings. The number of benzene rings is 1. The van der Waals surface area contributed by atoms with Gasteiger partial charge in [0.2, 0.25) is 5.95 Å². The zero-order chi connectivity index (χ0) is 14.4. The number of imidazole rings is 1. The van der Waals surface area contributed by atoms with Crippen LogP contribution in [0.2, 0.25) is 0 Å². The van der Waals surface area contributed by atoms with Crippen LogP contribution in [0, 0.1) is 0 Å². The van der Waals surface area contributed by atoms with E-state index in [4.69, 9.17) is 5.73 Å². The minimum absolute atomic E-state index is 0.0424. The molecule has 1 unspecified atom stereocenters. The predicted octanol–water partition coefficient (Wildman–Crippen LogP) is 3.23. The monoisotopic (exact) mass is 295 g/mol. The van der Waals surface area contributed by atoms with Crippen LogP contribution in [0.1, 0.15) is 18.0 Å². The zero-order valence-corrected chi connectivity index (χ0v) is 12.2. The largest absolute Gasteiger partial charge is 0.369 e. The highest BCUT2D eigenvalue weighted by atomic mass is 32.1. The van der Waals surface area contributed by atoms with Crippen LogP contribution in [0.4, 0.5) is 5.95 Å². The molecule has 0 amide bonds. The van der Waals surface area contributed by atoms with Gasteiger partial charge >= 0.3 is 0 Å². The second-order valence-corrected chi connectivity index (χ2v) is 5.82. The van der Waals surface area contributed by atoms with Crippen LogP contribution < -0.4 is 5.73 Å². The Morgan fingerprint density at radius 3 is 2.86 bits per heavy atom. The van der Waals surface area contributed by atoms with E-state index in [1.165, 1.54) is 0 Å². The second kappa shape index (κ2) is 4.53. The summed E-state index contributed by atoms with van der Waals surface area (Å²) in [4.78, 5) is 13.3. The van der Waals surface area contributed by atoms with Crippen molar-refractivity contribution in [3.63, 3.8) is 0 Å². The van der Waals surface area contributed by atoms with E-state index in [2.05, 4.69) is 27.9 Å². The highest BCUT2D eigenvalue weighted by molar-refractivity contribution is 7.09. The molecule has 3 heterocycles. The predicted molar refractivity (Wildman–Crippen MR) is 85.4 cm³/mol. The van der Waals surface area contributed by atoms with Crippen molar-refractivity contribution in [1.82, 2.24) is 19.5 Å². The van der Waals surface area contributed by atoms with E-state index >= 15 is 0 Å². The molecule has 1 atom stereocenters. The topological polar surface area (TPSA) is 69.6 Å². The number of para-hydroxylation sites is 1. The van der Waals surface area contributed by atoms with Crippen molar-refractivity contribution in [2.24, 2.45) is 0 Å². The van der Waals surface area contributed by atoms with Crippen molar-refractivity contribution in [2.45, 2.75) is 13.0 Å². The highest BCUT2D eigenvalue weighted by Crippen LogP contribution is 2.31. The van der Waals surface area contributed by atoms with Gasteiger partial charge < -0.3 is 10.3 Å². The third kappa shape index (κ3) is 1.80. The van der Waals surface area contributed by atoms with Gasteiger partial charge in [-0.15, -0.1) is 11.3 Å². The van der Waals surface area contributed by atoms with Crippen molar-refractivity contribution in [3.8, 4) is 0 Å². The number of nitrogen functional groups attached to an aromatic ring is 1. The van der Waals surface area contributed by atoms with Gasteiger partial charge in [0.1, 0.15) is 10.5 Å². The van der Waals surface area contributed by atoms with Crippen LogP contribution in [0.25, 0.3) is 21.9 Å². The third-order valence-electron chi connectivity index (χ3n) is 3.65. The summed E-state index contributed by atoms with van der Waals surface area (Å²) in [6.07, 6.45) is 3.59. The van der Waals surface area contributed by atoms with Crippen molar-refractivity contribution in [1.29, 1.82) is 0 Å². The van der Waals surface area contributed by atoms with E-state index < -0.39 is 0 Å². The van der Waals surface area contributed by atoms with Crippen LogP contribution in [0.5, 0.6) is 0 Å². The number of hydrogen-bond donors (Lipinski definition) is 1. The summed E-state index contributed by atoms with van der Waals surface area (Å²) in [5, 5.41) is 4.05. The number of nitrogens with zero attached hydrogens (tertiary/aromatic N) is 4. The smallest absolute Gasteiger partial charge is 0.201 e. The Labute approximate surface area is 125 Å². The number of thiazole rings is 1. The third-order valence-corrected chi connectivity index (χ3v) is 4.59. The Hall–Kier alpha value is -2.47. The maximum Gasteiger partial charge on any atom is 0.201 e. The molecule has 0 radical (unpaired) electrons. The van der Waals surface area contributed by atoms with Gasteiger partial charge in [0, 0.05) is 17.0 Å². The minimum Gasteiger partial charge on any atom is -0.369 e. The molecule has 0 saturated heterocycles. The maximum absolute atomic E-state index is 6.15. The second-order valence-electron chi connectivity index (χ2n) is 4.90. The van der Waals surface area contributed by atoms with Crippen LogP contribution in [-0.4, -0.2) is 19.5 Å². The normalized spacial score (nSPS) is 13.0. The van der Waals surface area contributed by atoms with Crippen molar-refractivity contribution < 1.29 is 0 Å². The molecule has 0 fully saturated rings. The van der Waals surface area contributed by atoms with Crippen LogP contribution >= 0.6 is 11.3 Å². The zero-order valence-electron chi connectivity index (χ0n) is 11.4. The molecule has 2 N–H and O–H groups in total. The first-order chi connectivity index (χ1) is 10.3. The average molecular weight is 295 g/mol. The summed E-state index contributed by atoms with van der Waals surface area (Å²) in [7, 11) is 0. The SMILES string of the molecule is CC(c1nccs1)n1c(N)nc2cnc3ccccc3c21. The van der Waals surface area contributed by atoms with E-state index in [9.17, 15) is 0 Å². The molecular formula is C15H13N5S. The van der Waals surface area contributed by atoms with Gasteiger partial charge in [-0.05, 0) is 13.0 Å². The lowest BCUT2D eigenvalue weighted by Crippen LogP contribution is -2.10. The lowest BCUT2D eigenvalue weighted by molar-refractivity contribution is 0.664.